The first-order valence-electron chi connectivity index (χ1n) is 17.3. The topological polar surface area (TPSA) is 62.4 Å². The summed E-state index contributed by atoms with van der Waals surface area (Å²) in [4.78, 5) is 15.3. The van der Waals surface area contributed by atoms with Crippen molar-refractivity contribution in [2.24, 2.45) is 0 Å². The second-order valence-corrected chi connectivity index (χ2v) is 23.2. The molecule has 4 rings (SSSR count). The van der Waals surface area contributed by atoms with Gasteiger partial charge in [0, 0.05) is 24.5 Å². The second kappa shape index (κ2) is 16.0. The molecule has 0 bridgehead atoms. The van der Waals surface area contributed by atoms with Gasteiger partial charge < -0.3 is 9.80 Å². The van der Waals surface area contributed by atoms with Crippen LogP contribution in [0.3, 0.4) is 0 Å². The fourth-order valence-electron chi connectivity index (χ4n) is 6.18. The average Bonchev–Trinajstić information content (AvgIpc) is 3.45. The van der Waals surface area contributed by atoms with Gasteiger partial charge in [-0.2, -0.15) is 6.67 Å². The molecule has 9 heteroatoms. The van der Waals surface area contributed by atoms with Crippen LogP contribution in [0.25, 0.3) is 0 Å². The third-order valence-electron chi connectivity index (χ3n) is 8.55. The summed E-state index contributed by atoms with van der Waals surface area (Å²) in [6, 6.07) is 18.3. The van der Waals surface area contributed by atoms with Gasteiger partial charge in [-0.25, -0.2) is 0 Å². The number of halogens is 2. The van der Waals surface area contributed by atoms with Crippen molar-refractivity contribution in [1.29, 1.82) is 0 Å². The van der Waals surface area contributed by atoms with E-state index in [0.717, 1.165) is 13.1 Å². The van der Waals surface area contributed by atoms with E-state index < -0.39 is 18.4 Å². The van der Waals surface area contributed by atoms with E-state index in [4.69, 9.17) is 19.4 Å². The third-order valence-corrected chi connectivity index (χ3v) is 10.4. The van der Waals surface area contributed by atoms with E-state index in [-0.39, 0.29) is 33.5 Å². The molecule has 0 spiro atoms. The summed E-state index contributed by atoms with van der Waals surface area (Å²) in [5.41, 5.74) is 9.46. The van der Waals surface area contributed by atoms with Gasteiger partial charge in [-0.05, 0) is 43.9 Å². The van der Waals surface area contributed by atoms with Gasteiger partial charge in [0.25, 0.3) is 0 Å². The van der Waals surface area contributed by atoms with Gasteiger partial charge in [0.05, 0.1) is 0 Å². The summed E-state index contributed by atoms with van der Waals surface area (Å²) in [5.74, 6) is 0.686. The van der Waals surface area contributed by atoms with Crippen LogP contribution < -0.4 is 9.80 Å². The summed E-state index contributed by atoms with van der Waals surface area (Å²) in [6.45, 7) is 36.2. The van der Waals surface area contributed by atoms with E-state index >= 15 is 0 Å². The van der Waals surface area contributed by atoms with Crippen molar-refractivity contribution in [1.82, 2.24) is 0 Å². The standard InChI is InChI=1S/C31H47N2.C10H11NO3.2ClH.Ru/c1-28(2,3)22-15-13-16-23(29(4,5)6)26(22)32-19-20-33(21-32)27-24(30(7,8)9)17-14-18-25(27)31(10,11)12;1-7(2)14-10-5-4-9(11(12)13)6-8(10)3;;;/h13-18,21H,19-20H2,1-12H3;3-7H,1-2H3;2*1H;/q-1;;;;+2/p-1. The van der Waals surface area contributed by atoms with Crippen molar-refractivity contribution in [3.8, 4) is 5.75 Å². The minimum atomic E-state index is -2.03. The zero-order valence-electron chi connectivity index (χ0n) is 32.6. The molecular formula is C41H59Cl2N3O3Ru. The number of aliphatic hydroxyl groups is 1. The maximum absolute atomic E-state index is 10.7. The molecule has 1 fully saturated rings. The van der Waals surface area contributed by atoms with Gasteiger partial charge in [-0.15, -0.1) is 0 Å². The molecule has 0 atom stereocenters. The molecule has 6 nitrogen and oxygen atoms in total. The first-order chi connectivity index (χ1) is 22.8. The van der Waals surface area contributed by atoms with Crippen LogP contribution in [0.4, 0.5) is 17.1 Å². The average molecular weight is 814 g/mol. The number of nitrogens with zero attached hydrogens (tertiary/aromatic N) is 3. The van der Waals surface area contributed by atoms with Crippen LogP contribution in [0, 0.1) is 16.8 Å². The summed E-state index contributed by atoms with van der Waals surface area (Å²) in [7, 11) is 11.6. The minimum absolute atomic E-state index is 0.0164. The summed E-state index contributed by atoms with van der Waals surface area (Å²) < 4.78 is 6.03. The predicted molar refractivity (Wildman–Crippen MR) is 213 cm³/mol. The van der Waals surface area contributed by atoms with Crippen LogP contribution in [0.15, 0.2) is 54.6 Å². The number of benzene rings is 3. The van der Waals surface area contributed by atoms with Gasteiger partial charge in [0.15, 0.2) is 0 Å². The third kappa shape index (κ3) is 10.8. The van der Waals surface area contributed by atoms with Gasteiger partial charge in [0.2, 0.25) is 0 Å². The quantitative estimate of drug-likeness (QED) is 0.0818. The van der Waals surface area contributed by atoms with Crippen molar-refractivity contribution in [3.63, 3.8) is 0 Å². The van der Waals surface area contributed by atoms with Gasteiger partial charge in [-0.1, -0.05) is 119 Å². The molecular weight excluding hydrogens is 754 g/mol. The molecule has 0 aromatic heterocycles. The normalized spacial score (nSPS) is 14.4. The number of para-hydroxylation sites is 2. The molecule has 0 amide bonds. The first-order valence-corrected chi connectivity index (χ1v) is 22.8. The molecule has 0 radical (unpaired) electrons. The van der Waals surface area contributed by atoms with E-state index in [1.165, 1.54) is 45.8 Å². The van der Waals surface area contributed by atoms with Gasteiger partial charge in [0.1, 0.15) is 0 Å². The van der Waals surface area contributed by atoms with Crippen molar-refractivity contribution >= 4 is 41.1 Å². The van der Waals surface area contributed by atoms with Crippen molar-refractivity contribution < 1.29 is 23.2 Å². The Kier molecular flexibility index (Phi) is 13.5. The molecule has 3 aromatic carbocycles. The Morgan fingerprint density at radius 1 is 0.740 bits per heavy atom. The van der Waals surface area contributed by atoms with Gasteiger partial charge >= 0.3 is 112 Å². The van der Waals surface area contributed by atoms with E-state index in [0.29, 0.717) is 11.3 Å². The Labute approximate surface area is 315 Å². The van der Waals surface area contributed by atoms with Crippen molar-refractivity contribution in [3.05, 3.63) is 99.2 Å². The Hall–Kier alpha value is -2.47. The van der Waals surface area contributed by atoms with Crippen LogP contribution in [0.2, 0.25) is 0 Å². The predicted octanol–water partition coefficient (Wildman–Crippen LogP) is 11.6. The van der Waals surface area contributed by atoms with Crippen LogP contribution in [-0.2, 0) is 35.2 Å². The van der Waals surface area contributed by atoms with Crippen LogP contribution in [-0.4, -0.2) is 33.5 Å². The number of non-ortho nitro benzene ring substituents is 1. The Morgan fingerprint density at radius 3 is 1.42 bits per heavy atom. The number of hydrogen-bond acceptors (Lipinski definition) is 4. The molecule has 3 aromatic rings. The van der Waals surface area contributed by atoms with Crippen LogP contribution in [0.1, 0.15) is 125 Å². The molecule has 0 saturated carbocycles. The van der Waals surface area contributed by atoms with Crippen molar-refractivity contribution in [2.45, 2.75) is 125 Å². The van der Waals surface area contributed by atoms with Crippen molar-refractivity contribution in [2.75, 3.05) is 22.9 Å². The number of ether oxygens (including phenoxy) is 1. The molecule has 0 unspecified atom stereocenters. The molecule has 278 valence electrons. The molecule has 50 heavy (non-hydrogen) atoms. The number of aromatic hydroxyl groups is 1. The Bertz CT molecular complexity index is 1540. The molecule has 1 heterocycles. The van der Waals surface area contributed by atoms with E-state index in [2.05, 4.69) is 141 Å². The number of anilines is 2. The van der Waals surface area contributed by atoms with Crippen LogP contribution in [0.5, 0.6) is 5.75 Å². The summed E-state index contributed by atoms with van der Waals surface area (Å²) in [5, 5.41) is 10.7. The SMILES string of the molecule is CC(C)(C)c1cccc(C(C)(C)C)c1N1[CH-]N(c2c(C(C)(C)C)cccc2C(C)(C)C)CC1.CC(C)[OH+]c1ccc([N+](=O)[O-])cc1[CH]=[Ru]([Cl])[Cl]. The fourth-order valence-corrected chi connectivity index (χ4v) is 7.98. The Balaban J connectivity index is 0.000000335. The van der Waals surface area contributed by atoms with E-state index in [1.54, 1.807) is 10.7 Å². The summed E-state index contributed by atoms with van der Waals surface area (Å²) in [6.07, 6.45) is 0.106. The first kappa shape index (κ1) is 41.9. The fraction of sp³-hybridized carbons (Fsp3) is 0.512. The zero-order chi connectivity index (χ0) is 38.0. The van der Waals surface area contributed by atoms with E-state index in [9.17, 15) is 10.1 Å². The Morgan fingerprint density at radius 2 is 1.12 bits per heavy atom. The molecule has 0 aliphatic carbocycles. The number of rotatable bonds is 6. The second-order valence-electron chi connectivity index (χ2n) is 17.4. The zero-order valence-corrected chi connectivity index (χ0v) is 35.8. The number of hydrogen-bond donors (Lipinski definition) is 0. The molecule has 1 N–H and O–H groups in total. The molecule has 1 aliphatic rings. The molecule has 1 saturated heterocycles. The summed E-state index contributed by atoms with van der Waals surface area (Å²) >= 11 is -2.03. The van der Waals surface area contributed by atoms with E-state index in [1.807, 2.05) is 13.8 Å². The maximum atomic E-state index is 10.7. The molecule has 1 aliphatic heterocycles. The van der Waals surface area contributed by atoms with Gasteiger partial charge in [-0.3, -0.25) is 0 Å². The number of nitro groups is 1. The monoisotopic (exact) mass is 813 g/mol. The van der Waals surface area contributed by atoms with Crippen LogP contribution >= 0.6 is 19.4 Å². The number of nitro benzene ring substituents is 1.